The quantitative estimate of drug-likeness (QED) is 0.913. The van der Waals surface area contributed by atoms with Crippen LogP contribution >= 0.6 is 0 Å². The highest BCUT2D eigenvalue weighted by Gasteiger charge is 2.19. The number of benzene rings is 1. The summed E-state index contributed by atoms with van der Waals surface area (Å²) in [5.74, 6) is 0. The molecule has 0 aliphatic carbocycles. The molecule has 0 fully saturated rings. The molecular formula is C14H15N3O2. The van der Waals surface area contributed by atoms with Crippen molar-refractivity contribution in [2.75, 3.05) is 6.61 Å². The van der Waals surface area contributed by atoms with Gasteiger partial charge in [-0.25, -0.2) is 0 Å². The Morgan fingerprint density at radius 2 is 2.11 bits per heavy atom. The normalized spacial score (nSPS) is 16.6. The van der Waals surface area contributed by atoms with Gasteiger partial charge in [-0.15, -0.1) is 0 Å². The van der Waals surface area contributed by atoms with E-state index in [-0.39, 0.29) is 0 Å². The smallest absolute Gasteiger partial charge is 0.124 e. The van der Waals surface area contributed by atoms with Crippen LogP contribution in [0.1, 0.15) is 24.6 Å². The molecule has 98 valence electrons. The van der Waals surface area contributed by atoms with Crippen molar-refractivity contribution in [1.29, 1.82) is 0 Å². The van der Waals surface area contributed by atoms with Crippen LogP contribution in [0.2, 0.25) is 0 Å². The van der Waals surface area contributed by atoms with E-state index in [0.29, 0.717) is 12.3 Å². The highest BCUT2D eigenvalue weighted by atomic mass is 16.5. The van der Waals surface area contributed by atoms with E-state index in [2.05, 4.69) is 10.2 Å². The van der Waals surface area contributed by atoms with Gasteiger partial charge in [0.2, 0.25) is 0 Å². The maximum absolute atomic E-state index is 10.2. The molecule has 1 N–H and O–H groups in total. The summed E-state index contributed by atoms with van der Waals surface area (Å²) in [5, 5.41) is 18.7. The Hall–Kier alpha value is -2.14. The van der Waals surface area contributed by atoms with E-state index in [9.17, 15) is 5.11 Å². The summed E-state index contributed by atoms with van der Waals surface area (Å²) < 4.78 is 5.24. The summed E-state index contributed by atoms with van der Waals surface area (Å²) in [6.45, 7) is 0.715. The minimum absolute atomic E-state index is 0.542. The van der Waals surface area contributed by atoms with Crippen LogP contribution in [0.5, 0.6) is 0 Å². The molecule has 1 aliphatic heterocycles. The number of ether oxygens (including phenoxy) is 1. The first-order chi connectivity index (χ1) is 9.34. The molecule has 0 amide bonds. The fourth-order valence-corrected chi connectivity index (χ4v) is 2.06. The molecule has 1 aromatic carbocycles. The van der Waals surface area contributed by atoms with Gasteiger partial charge in [-0.05, 0) is 30.5 Å². The molecule has 5 heteroatoms. The van der Waals surface area contributed by atoms with E-state index in [4.69, 9.17) is 4.74 Å². The lowest BCUT2D eigenvalue weighted by Crippen LogP contribution is -2.09. The average Bonchev–Trinajstić information content (AvgIpc) is 2.98. The lowest BCUT2D eigenvalue weighted by Gasteiger charge is -2.16. The van der Waals surface area contributed by atoms with Crippen LogP contribution in [0.3, 0.4) is 0 Å². The number of hydrogen-bond donors (Lipinski definition) is 1. The molecule has 1 unspecified atom stereocenters. The van der Waals surface area contributed by atoms with Crippen molar-refractivity contribution in [2.24, 2.45) is 0 Å². The number of aliphatic hydroxyl groups excluding tert-OH is 1. The first-order valence-electron chi connectivity index (χ1n) is 6.31. The second kappa shape index (κ2) is 5.24. The lowest BCUT2D eigenvalue weighted by atomic mass is 10.0. The molecule has 0 spiro atoms. The van der Waals surface area contributed by atoms with E-state index < -0.39 is 6.10 Å². The van der Waals surface area contributed by atoms with Crippen LogP contribution in [0.25, 0.3) is 5.69 Å². The summed E-state index contributed by atoms with van der Waals surface area (Å²) in [7, 11) is 0. The second-order valence-electron chi connectivity index (χ2n) is 4.46. The van der Waals surface area contributed by atoms with Gasteiger partial charge in [0.1, 0.15) is 11.8 Å². The van der Waals surface area contributed by atoms with Crippen LogP contribution in [0.15, 0.2) is 48.4 Å². The zero-order chi connectivity index (χ0) is 13.1. The summed E-state index contributed by atoms with van der Waals surface area (Å²) in [4.78, 5) is 1.52. The fourth-order valence-electron chi connectivity index (χ4n) is 2.06. The first kappa shape index (κ1) is 11.9. The topological polar surface area (TPSA) is 60.2 Å². The Bertz CT molecular complexity index is 577. The van der Waals surface area contributed by atoms with Crippen molar-refractivity contribution in [3.8, 4) is 5.69 Å². The third-order valence-electron chi connectivity index (χ3n) is 3.09. The van der Waals surface area contributed by atoms with E-state index >= 15 is 0 Å². The van der Waals surface area contributed by atoms with Crippen LogP contribution in [-0.2, 0) is 4.74 Å². The van der Waals surface area contributed by atoms with Gasteiger partial charge in [-0.3, -0.25) is 0 Å². The molecular weight excluding hydrogens is 242 g/mol. The minimum atomic E-state index is -0.738. The molecule has 0 saturated heterocycles. The predicted octanol–water partition coefficient (Wildman–Crippen LogP) is 1.99. The number of para-hydroxylation sites is 1. The first-order valence-corrected chi connectivity index (χ1v) is 6.31. The Morgan fingerprint density at radius 3 is 2.84 bits per heavy atom. The van der Waals surface area contributed by atoms with Gasteiger partial charge in [0.05, 0.1) is 24.8 Å². The molecule has 2 heterocycles. The van der Waals surface area contributed by atoms with Gasteiger partial charge in [0, 0.05) is 0 Å². The Labute approximate surface area is 111 Å². The molecule has 0 bridgehead atoms. The molecule has 1 atom stereocenters. The molecule has 1 aromatic heterocycles. The maximum Gasteiger partial charge on any atom is 0.124 e. The Kier molecular flexibility index (Phi) is 3.29. The third-order valence-corrected chi connectivity index (χ3v) is 3.09. The fraction of sp³-hybridized carbons (Fsp3) is 0.286. The monoisotopic (exact) mass is 257 g/mol. The Morgan fingerprint density at radius 1 is 1.26 bits per heavy atom. The van der Waals surface area contributed by atoms with Crippen LogP contribution < -0.4 is 0 Å². The van der Waals surface area contributed by atoms with Crippen molar-refractivity contribution in [1.82, 2.24) is 15.0 Å². The molecule has 1 aliphatic rings. The van der Waals surface area contributed by atoms with Gasteiger partial charge in [0.15, 0.2) is 0 Å². The standard InChI is InChI=1S/C14H15N3O2/c18-14(11-5-4-8-19-10-11)13-9-15-17(16-13)12-6-2-1-3-7-12/h1-3,6-7,9-10,14,18H,4-5,8H2. The molecule has 2 aromatic rings. The summed E-state index contributed by atoms with van der Waals surface area (Å²) >= 11 is 0. The number of nitrogens with zero attached hydrogens (tertiary/aromatic N) is 3. The third kappa shape index (κ3) is 2.51. The van der Waals surface area contributed by atoms with Gasteiger partial charge in [-0.2, -0.15) is 15.0 Å². The molecule has 0 radical (unpaired) electrons. The molecule has 19 heavy (non-hydrogen) atoms. The van der Waals surface area contributed by atoms with Crippen molar-refractivity contribution in [3.05, 3.63) is 54.1 Å². The van der Waals surface area contributed by atoms with Crippen molar-refractivity contribution < 1.29 is 9.84 Å². The van der Waals surface area contributed by atoms with Crippen molar-refractivity contribution >= 4 is 0 Å². The maximum atomic E-state index is 10.2. The van der Waals surface area contributed by atoms with E-state index in [1.54, 1.807) is 12.5 Å². The Balaban J connectivity index is 1.83. The number of hydrogen-bond acceptors (Lipinski definition) is 4. The van der Waals surface area contributed by atoms with Crippen LogP contribution in [0.4, 0.5) is 0 Å². The highest BCUT2D eigenvalue weighted by Crippen LogP contribution is 2.26. The zero-order valence-corrected chi connectivity index (χ0v) is 10.4. The zero-order valence-electron chi connectivity index (χ0n) is 10.4. The van der Waals surface area contributed by atoms with Crippen molar-refractivity contribution in [3.63, 3.8) is 0 Å². The van der Waals surface area contributed by atoms with E-state index in [1.807, 2.05) is 30.3 Å². The minimum Gasteiger partial charge on any atom is -0.501 e. The van der Waals surface area contributed by atoms with Crippen molar-refractivity contribution in [2.45, 2.75) is 18.9 Å². The van der Waals surface area contributed by atoms with E-state index in [0.717, 1.165) is 24.1 Å². The second-order valence-corrected chi connectivity index (χ2v) is 4.46. The van der Waals surface area contributed by atoms with E-state index in [1.165, 1.54) is 4.80 Å². The average molecular weight is 257 g/mol. The summed E-state index contributed by atoms with van der Waals surface area (Å²) in [5.41, 5.74) is 2.27. The predicted molar refractivity (Wildman–Crippen MR) is 69.6 cm³/mol. The molecule has 3 rings (SSSR count). The van der Waals surface area contributed by atoms with Crippen LogP contribution in [0, 0.1) is 0 Å². The van der Waals surface area contributed by atoms with Crippen LogP contribution in [-0.4, -0.2) is 26.7 Å². The lowest BCUT2D eigenvalue weighted by molar-refractivity contribution is 0.167. The molecule has 0 saturated carbocycles. The van der Waals surface area contributed by atoms with Gasteiger partial charge >= 0.3 is 0 Å². The molecule has 5 nitrogen and oxygen atoms in total. The van der Waals surface area contributed by atoms with Gasteiger partial charge in [-0.1, -0.05) is 18.2 Å². The number of aliphatic hydroxyl groups is 1. The van der Waals surface area contributed by atoms with Gasteiger partial charge < -0.3 is 9.84 Å². The number of aromatic nitrogens is 3. The van der Waals surface area contributed by atoms with Gasteiger partial charge in [0.25, 0.3) is 0 Å². The summed E-state index contributed by atoms with van der Waals surface area (Å²) in [6.07, 6.45) is 4.25. The summed E-state index contributed by atoms with van der Waals surface area (Å²) in [6, 6.07) is 9.61. The largest absolute Gasteiger partial charge is 0.501 e. The SMILES string of the molecule is OC(C1=COCCC1)c1cnn(-c2ccccc2)n1. The highest BCUT2D eigenvalue weighted by molar-refractivity contribution is 5.29. The number of rotatable bonds is 3.